The SMILES string of the molecule is COc1ccc(-n2ncc3cnc(Nc4ccc(NS(C)(=O)=O)cc4)nc32)c(C)c1. The Hall–Kier alpha value is -3.66. The molecule has 0 amide bonds. The molecule has 0 unspecified atom stereocenters. The van der Waals surface area contributed by atoms with Crippen molar-refractivity contribution < 1.29 is 13.2 Å². The fourth-order valence-electron chi connectivity index (χ4n) is 3.01. The smallest absolute Gasteiger partial charge is 0.229 e. The number of fused-ring (bicyclic) bond motifs is 1. The first-order valence-electron chi connectivity index (χ1n) is 9.03. The molecule has 0 aliphatic rings. The maximum atomic E-state index is 11.3. The van der Waals surface area contributed by atoms with Crippen LogP contribution in [0.15, 0.2) is 54.9 Å². The Kier molecular flexibility index (Phi) is 5.00. The number of aromatic nitrogens is 4. The summed E-state index contributed by atoms with van der Waals surface area (Å²) >= 11 is 0. The second-order valence-electron chi connectivity index (χ2n) is 6.76. The number of aryl methyl sites for hydroxylation is 1. The van der Waals surface area contributed by atoms with Gasteiger partial charge in [0.25, 0.3) is 0 Å². The lowest BCUT2D eigenvalue weighted by molar-refractivity contribution is 0.414. The summed E-state index contributed by atoms with van der Waals surface area (Å²) < 4.78 is 32.1. The Bertz CT molecular complexity index is 1320. The number of sulfonamides is 1. The highest BCUT2D eigenvalue weighted by Gasteiger charge is 2.11. The molecule has 0 aliphatic carbocycles. The first kappa shape index (κ1) is 19.6. The molecule has 2 aromatic heterocycles. The van der Waals surface area contributed by atoms with Crippen LogP contribution in [-0.4, -0.2) is 41.5 Å². The minimum absolute atomic E-state index is 0.402. The Balaban J connectivity index is 1.63. The largest absolute Gasteiger partial charge is 0.497 e. The lowest BCUT2D eigenvalue weighted by Crippen LogP contribution is -2.09. The van der Waals surface area contributed by atoms with Crippen LogP contribution in [0.2, 0.25) is 0 Å². The van der Waals surface area contributed by atoms with Crippen LogP contribution in [0.4, 0.5) is 17.3 Å². The van der Waals surface area contributed by atoms with Crippen LogP contribution in [0.25, 0.3) is 16.7 Å². The maximum Gasteiger partial charge on any atom is 0.229 e. The van der Waals surface area contributed by atoms with Crippen molar-refractivity contribution in [3.05, 3.63) is 60.4 Å². The molecule has 0 aliphatic heterocycles. The predicted molar refractivity (Wildman–Crippen MR) is 116 cm³/mol. The summed E-state index contributed by atoms with van der Waals surface area (Å²) in [6, 6.07) is 12.6. The first-order valence-corrected chi connectivity index (χ1v) is 10.9. The van der Waals surface area contributed by atoms with Crippen molar-refractivity contribution in [3.8, 4) is 11.4 Å². The van der Waals surface area contributed by atoms with E-state index < -0.39 is 10.0 Å². The van der Waals surface area contributed by atoms with E-state index in [1.807, 2.05) is 25.1 Å². The van der Waals surface area contributed by atoms with E-state index in [0.29, 0.717) is 17.3 Å². The number of ether oxygens (including phenoxy) is 1. The topological polar surface area (TPSA) is 111 Å². The Morgan fingerprint density at radius 1 is 1.03 bits per heavy atom. The summed E-state index contributed by atoms with van der Waals surface area (Å²) in [5.41, 5.74) is 3.76. The highest BCUT2D eigenvalue weighted by molar-refractivity contribution is 7.92. The molecule has 0 bridgehead atoms. The van der Waals surface area contributed by atoms with Crippen LogP contribution in [0, 0.1) is 6.92 Å². The average Bonchev–Trinajstić information content (AvgIpc) is 3.11. The van der Waals surface area contributed by atoms with Crippen molar-refractivity contribution in [1.29, 1.82) is 0 Å². The van der Waals surface area contributed by atoms with Crippen molar-refractivity contribution in [3.63, 3.8) is 0 Å². The molecule has 2 heterocycles. The van der Waals surface area contributed by atoms with E-state index in [-0.39, 0.29) is 0 Å². The number of nitrogens with zero attached hydrogens (tertiary/aromatic N) is 4. The van der Waals surface area contributed by atoms with Crippen molar-refractivity contribution in [2.24, 2.45) is 0 Å². The maximum absolute atomic E-state index is 11.3. The normalized spacial score (nSPS) is 11.4. The molecule has 30 heavy (non-hydrogen) atoms. The summed E-state index contributed by atoms with van der Waals surface area (Å²) in [5.74, 6) is 1.18. The number of anilines is 3. The van der Waals surface area contributed by atoms with Crippen LogP contribution in [0.3, 0.4) is 0 Å². The predicted octanol–water partition coefficient (Wildman–Crippen LogP) is 3.25. The molecule has 4 aromatic rings. The van der Waals surface area contributed by atoms with E-state index in [9.17, 15) is 8.42 Å². The number of hydrogen-bond donors (Lipinski definition) is 2. The summed E-state index contributed by atoms with van der Waals surface area (Å²) in [7, 11) is -1.69. The molecular weight excluding hydrogens is 404 g/mol. The molecule has 9 nitrogen and oxygen atoms in total. The first-order chi connectivity index (χ1) is 14.3. The monoisotopic (exact) mass is 424 g/mol. The molecule has 0 fully saturated rings. The molecule has 154 valence electrons. The van der Waals surface area contributed by atoms with Gasteiger partial charge in [0.2, 0.25) is 16.0 Å². The fourth-order valence-corrected chi connectivity index (χ4v) is 3.58. The second-order valence-corrected chi connectivity index (χ2v) is 8.51. The summed E-state index contributed by atoms with van der Waals surface area (Å²) in [6.45, 7) is 1.98. The zero-order valence-corrected chi connectivity index (χ0v) is 17.4. The number of hydrogen-bond acceptors (Lipinski definition) is 7. The van der Waals surface area contributed by atoms with Crippen molar-refractivity contribution in [1.82, 2.24) is 19.7 Å². The third kappa shape index (κ3) is 4.18. The van der Waals surface area contributed by atoms with E-state index in [1.165, 1.54) is 0 Å². The minimum atomic E-state index is -3.32. The molecule has 0 saturated heterocycles. The lowest BCUT2D eigenvalue weighted by atomic mass is 10.2. The highest BCUT2D eigenvalue weighted by Crippen LogP contribution is 2.24. The van der Waals surface area contributed by atoms with E-state index >= 15 is 0 Å². The second kappa shape index (κ2) is 7.64. The van der Waals surface area contributed by atoms with Crippen molar-refractivity contribution in [2.45, 2.75) is 6.92 Å². The lowest BCUT2D eigenvalue weighted by Gasteiger charge is -2.10. The van der Waals surface area contributed by atoms with Gasteiger partial charge in [-0.15, -0.1) is 0 Å². The fraction of sp³-hybridized carbons (Fsp3) is 0.150. The van der Waals surface area contributed by atoms with Gasteiger partial charge in [0.1, 0.15) is 5.75 Å². The van der Waals surface area contributed by atoms with Crippen LogP contribution >= 0.6 is 0 Å². The van der Waals surface area contributed by atoms with Crippen molar-refractivity contribution >= 4 is 38.4 Å². The quantitative estimate of drug-likeness (QED) is 0.489. The van der Waals surface area contributed by atoms with Gasteiger partial charge >= 0.3 is 0 Å². The molecule has 0 radical (unpaired) electrons. The number of benzene rings is 2. The Labute approximate surface area is 173 Å². The molecular formula is C20H20N6O3S. The molecule has 0 spiro atoms. The van der Waals surface area contributed by atoms with Crippen LogP contribution < -0.4 is 14.8 Å². The zero-order valence-electron chi connectivity index (χ0n) is 16.6. The van der Waals surface area contributed by atoms with E-state index in [2.05, 4.69) is 25.1 Å². The third-order valence-electron chi connectivity index (χ3n) is 4.39. The van der Waals surface area contributed by atoms with Gasteiger partial charge in [-0.2, -0.15) is 10.1 Å². The van der Waals surface area contributed by atoms with Gasteiger partial charge in [0, 0.05) is 17.6 Å². The van der Waals surface area contributed by atoms with E-state index in [1.54, 1.807) is 48.5 Å². The van der Waals surface area contributed by atoms with Gasteiger partial charge in [0.15, 0.2) is 5.65 Å². The summed E-state index contributed by atoms with van der Waals surface area (Å²) in [6.07, 6.45) is 4.52. The minimum Gasteiger partial charge on any atom is -0.497 e. The zero-order chi connectivity index (χ0) is 21.3. The van der Waals surface area contributed by atoms with Gasteiger partial charge in [-0.25, -0.2) is 18.1 Å². The molecule has 2 N–H and O–H groups in total. The van der Waals surface area contributed by atoms with E-state index in [0.717, 1.165) is 34.3 Å². The van der Waals surface area contributed by atoms with Gasteiger partial charge in [-0.05, 0) is 55.0 Å². The number of methoxy groups -OCH3 is 1. The molecule has 4 rings (SSSR count). The molecule has 0 saturated carbocycles. The van der Waals surface area contributed by atoms with Gasteiger partial charge in [-0.3, -0.25) is 4.72 Å². The Morgan fingerprint density at radius 3 is 2.43 bits per heavy atom. The third-order valence-corrected chi connectivity index (χ3v) is 4.99. The number of nitrogens with one attached hydrogen (secondary N) is 2. The molecule has 10 heteroatoms. The van der Waals surface area contributed by atoms with Gasteiger partial charge in [-0.1, -0.05) is 0 Å². The van der Waals surface area contributed by atoms with Crippen LogP contribution in [0.1, 0.15) is 5.56 Å². The number of rotatable bonds is 6. The summed E-state index contributed by atoms with van der Waals surface area (Å²) in [5, 5.41) is 8.39. The van der Waals surface area contributed by atoms with Gasteiger partial charge in [0.05, 0.1) is 30.6 Å². The molecule has 0 atom stereocenters. The molecule has 2 aromatic carbocycles. The van der Waals surface area contributed by atoms with Crippen LogP contribution in [-0.2, 0) is 10.0 Å². The van der Waals surface area contributed by atoms with Crippen molar-refractivity contribution in [2.75, 3.05) is 23.4 Å². The average molecular weight is 424 g/mol. The summed E-state index contributed by atoms with van der Waals surface area (Å²) in [4.78, 5) is 8.94. The van der Waals surface area contributed by atoms with Gasteiger partial charge < -0.3 is 10.1 Å². The van der Waals surface area contributed by atoms with Crippen LogP contribution in [0.5, 0.6) is 5.75 Å². The van der Waals surface area contributed by atoms with E-state index in [4.69, 9.17) is 4.74 Å². The Morgan fingerprint density at radius 2 is 1.77 bits per heavy atom. The standard InChI is InChI=1S/C20H20N6O3S/c1-13-10-17(29-2)8-9-18(13)26-19-14(12-22-26)11-21-20(24-19)23-15-4-6-16(7-5-15)25-30(3,27)28/h4-12,25H,1-3H3,(H,21,23,24). The highest BCUT2D eigenvalue weighted by atomic mass is 32.2.